The van der Waals surface area contributed by atoms with E-state index in [0.717, 1.165) is 6.20 Å². The zero-order valence-electron chi connectivity index (χ0n) is 6.97. The number of anilines is 1. The fraction of sp³-hybridized carbons (Fsp3) is 0.143. The van der Waals surface area contributed by atoms with Gasteiger partial charge in [0.2, 0.25) is 0 Å². The molecule has 8 heteroatoms. The van der Waals surface area contributed by atoms with Gasteiger partial charge >= 0.3 is 6.36 Å². The zero-order chi connectivity index (χ0) is 11.6. The van der Waals surface area contributed by atoms with E-state index in [4.69, 9.17) is 11.0 Å². The van der Waals surface area contributed by atoms with E-state index in [0.29, 0.717) is 0 Å². The molecule has 0 unspecified atom stereocenters. The highest BCUT2D eigenvalue weighted by Crippen LogP contribution is 2.35. The second-order valence-corrected chi connectivity index (χ2v) is 3.15. The molecule has 2 N–H and O–H groups in total. The molecular weight excluding hydrogens is 279 g/mol. The van der Waals surface area contributed by atoms with E-state index in [9.17, 15) is 13.2 Å². The number of nitrogens with zero attached hydrogens (tertiary/aromatic N) is 2. The third kappa shape index (κ3) is 2.73. The van der Waals surface area contributed by atoms with Crippen LogP contribution >= 0.6 is 15.9 Å². The summed E-state index contributed by atoms with van der Waals surface area (Å²) >= 11 is 2.76. The van der Waals surface area contributed by atoms with Crippen molar-refractivity contribution in [3.63, 3.8) is 0 Å². The molecule has 0 amide bonds. The zero-order valence-corrected chi connectivity index (χ0v) is 8.56. The Morgan fingerprint density at radius 1 is 1.53 bits per heavy atom. The van der Waals surface area contributed by atoms with Crippen molar-refractivity contribution >= 4 is 21.7 Å². The molecule has 0 aliphatic heterocycles. The molecule has 0 radical (unpaired) electrons. The van der Waals surface area contributed by atoms with Crippen LogP contribution < -0.4 is 10.5 Å². The molecule has 1 aromatic heterocycles. The van der Waals surface area contributed by atoms with Crippen molar-refractivity contribution in [2.45, 2.75) is 6.36 Å². The van der Waals surface area contributed by atoms with Crippen LogP contribution in [0.5, 0.6) is 5.75 Å². The largest absolute Gasteiger partial charge is 0.573 e. The summed E-state index contributed by atoms with van der Waals surface area (Å²) in [4.78, 5) is 3.50. The molecule has 0 atom stereocenters. The van der Waals surface area contributed by atoms with Crippen molar-refractivity contribution in [1.29, 1.82) is 5.26 Å². The lowest BCUT2D eigenvalue weighted by Gasteiger charge is -2.12. The Hall–Kier alpha value is -1.49. The van der Waals surface area contributed by atoms with Gasteiger partial charge in [-0.05, 0) is 15.9 Å². The van der Waals surface area contributed by atoms with Crippen LogP contribution in [0, 0.1) is 11.3 Å². The van der Waals surface area contributed by atoms with E-state index < -0.39 is 12.1 Å². The molecule has 0 saturated heterocycles. The minimum absolute atomic E-state index is 0.187. The fourth-order valence-electron chi connectivity index (χ4n) is 0.779. The summed E-state index contributed by atoms with van der Waals surface area (Å²) in [5, 5.41) is 8.53. The number of hydrogen-bond donors (Lipinski definition) is 1. The van der Waals surface area contributed by atoms with Gasteiger partial charge in [-0.2, -0.15) is 5.26 Å². The summed E-state index contributed by atoms with van der Waals surface area (Å²) in [7, 11) is 0. The van der Waals surface area contributed by atoms with Crippen LogP contribution in [0.3, 0.4) is 0 Å². The second-order valence-electron chi connectivity index (χ2n) is 2.36. The third-order valence-corrected chi connectivity index (χ3v) is 2.11. The normalized spacial score (nSPS) is 10.9. The molecule has 0 aliphatic rings. The van der Waals surface area contributed by atoms with Gasteiger partial charge in [0.1, 0.15) is 21.9 Å². The highest BCUT2D eigenvalue weighted by atomic mass is 79.9. The van der Waals surface area contributed by atoms with Gasteiger partial charge in [0.05, 0.1) is 6.20 Å². The molecule has 0 aromatic carbocycles. The maximum atomic E-state index is 12.0. The summed E-state index contributed by atoms with van der Waals surface area (Å²) in [5.74, 6) is -0.870. The highest BCUT2D eigenvalue weighted by Gasteiger charge is 2.33. The smallest absolute Gasteiger partial charge is 0.403 e. The lowest BCUT2D eigenvalue weighted by atomic mass is 10.3. The van der Waals surface area contributed by atoms with E-state index in [1.807, 2.05) is 0 Å². The second kappa shape index (κ2) is 3.94. The summed E-state index contributed by atoms with van der Waals surface area (Å²) in [6.45, 7) is 0. The van der Waals surface area contributed by atoms with E-state index in [-0.39, 0.29) is 15.9 Å². The van der Waals surface area contributed by atoms with Crippen LogP contribution in [0.2, 0.25) is 0 Å². The van der Waals surface area contributed by atoms with Crippen molar-refractivity contribution in [2.24, 2.45) is 0 Å². The molecule has 0 bridgehead atoms. The van der Waals surface area contributed by atoms with Gasteiger partial charge in [0.25, 0.3) is 0 Å². The van der Waals surface area contributed by atoms with E-state index in [1.54, 1.807) is 0 Å². The quantitative estimate of drug-likeness (QED) is 0.857. The Morgan fingerprint density at radius 3 is 2.60 bits per heavy atom. The first-order valence-corrected chi connectivity index (χ1v) is 4.24. The van der Waals surface area contributed by atoms with E-state index in [1.165, 1.54) is 6.07 Å². The Morgan fingerprint density at radius 2 is 2.13 bits per heavy atom. The first kappa shape index (κ1) is 11.6. The molecule has 15 heavy (non-hydrogen) atoms. The third-order valence-electron chi connectivity index (χ3n) is 1.34. The molecular formula is C7H3BrF3N3O. The number of rotatable bonds is 1. The van der Waals surface area contributed by atoms with Gasteiger partial charge in [-0.25, -0.2) is 4.98 Å². The summed E-state index contributed by atoms with van der Waals surface area (Å²) < 4.78 is 39.3. The average molecular weight is 282 g/mol. The monoisotopic (exact) mass is 281 g/mol. The van der Waals surface area contributed by atoms with Gasteiger partial charge in [-0.3, -0.25) is 0 Å². The van der Waals surface area contributed by atoms with Crippen LogP contribution in [0.4, 0.5) is 19.0 Å². The molecule has 4 nitrogen and oxygen atoms in total. The Labute approximate surface area is 90.6 Å². The number of pyridine rings is 1. The Bertz CT molecular complexity index is 427. The van der Waals surface area contributed by atoms with Crippen molar-refractivity contribution in [3.8, 4) is 11.8 Å². The predicted octanol–water partition coefficient (Wildman–Crippen LogP) is 2.20. The number of halogens is 4. The van der Waals surface area contributed by atoms with Crippen LogP contribution in [-0.4, -0.2) is 11.3 Å². The van der Waals surface area contributed by atoms with Gasteiger partial charge in [-0.15, -0.1) is 13.2 Å². The summed E-state index contributed by atoms with van der Waals surface area (Å²) in [6.07, 6.45) is -3.98. The van der Waals surface area contributed by atoms with E-state index in [2.05, 4.69) is 25.7 Å². The van der Waals surface area contributed by atoms with Crippen molar-refractivity contribution in [1.82, 2.24) is 4.98 Å². The molecule has 80 valence electrons. The minimum atomic E-state index is -4.89. The van der Waals surface area contributed by atoms with Crippen molar-refractivity contribution in [2.75, 3.05) is 5.73 Å². The molecule has 1 rings (SSSR count). The SMILES string of the molecule is N#Cc1cnc(N)c(Br)c1OC(F)(F)F. The first-order valence-electron chi connectivity index (χ1n) is 3.45. The summed E-state index contributed by atoms with van der Waals surface area (Å²) in [6, 6.07) is 1.51. The Kier molecular flexibility index (Phi) is 3.04. The molecule has 1 heterocycles. The lowest BCUT2D eigenvalue weighted by molar-refractivity contribution is -0.275. The number of alkyl halides is 3. The van der Waals surface area contributed by atoms with Crippen molar-refractivity contribution in [3.05, 3.63) is 16.2 Å². The number of nitrogen functional groups attached to an aromatic ring is 1. The maximum Gasteiger partial charge on any atom is 0.573 e. The lowest BCUT2D eigenvalue weighted by Crippen LogP contribution is -2.18. The van der Waals surface area contributed by atoms with E-state index >= 15 is 0 Å². The molecule has 0 aliphatic carbocycles. The van der Waals surface area contributed by atoms with Crippen LogP contribution in [-0.2, 0) is 0 Å². The van der Waals surface area contributed by atoms with Crippen molar-refractivity contribution < 1.29 is 17.9 Å². The fourth-order valence-corrected chi connectivity index (χ4v) is 1.18. The van der Waals surface area contributed by atoms with Gasteiger partial charge < -0.3 is 10.5 Å². The first-order chi connectivity index (χ1) is 6.85. The standard InChI is InChI=1S/C7H3BrF3N3O/c8-4-5(15-7(9,10)11)3(1-12)2-14-6(4)13/h2H,(H2,13,14). The van der Waals surface area contributed by atoms with Crippen LogP contribution in [0.25, 0.3) is 0 Å². The topological polar surface area (TPSA) is 71.9 Å². The number of ether oxygens (including phenoxy) is 1. The van der Waals surface area contributed by atoms with Gasteiger partial charge in [0.15, 0.2) is 5.75 Å². The highest BCUT2D eigenvalue weighted by molar-refractivity contribution is 9.10. The molecule has 0 saturated carbocycles. The van der Waals surface area contributed by atoms with Gasteiger partial charge in [0, 0.05) is 0 Å². The number of nitriles is 1. The van der Waals surface area contributed by atoms with Crippen LogP contribution in [0.1, 0.15) is 5.56 Å². The minimum Gasteiger partial charge on any atom is -0.403 e. The number of aromatic nitrogens is 1. The number of nitrogens with two attached hydrogens (primary N) is 1. The molecule has 0 spiro atoms. The predicted molar refractivity (Wildman–Crippen MR) is 47.7 cm³/mol. The van der Waals surface area contributed by atoms with Gasteiger partial charge in [-0.1, -0.05) is 0 Å². The number of hydrogen-bond acceptors (Lipinski definition) is 4. The average Bonchev–Trinajstić information content (AvgIpc) is 2.11. The Balaban J connectivity index is 3.26. The molecule has 0 fully saturated rings. The summed E-state index contributed by atoms with van der Waals surface area (Å²) in [5.41, 5.74) is 4.90. The maximum absolute atomic E-state index is 12.0. The van der Waals surface area contributed by atoms with Crippen LogP contribution in [0.15, 0.2) is 10.7 Å². The molecule has 1 aromatic rings.